The SMILES string of the molecule is CN(C)C(=O)c1ccc(CNC(=O)c2sc3cc(Cl)cc(Cl)c3c2Cl)cc1. The van der Waals surface area contributed by atoms with E-state index in [0.29, 0.717) is 37.4 Å². The van der Waals surface area contributed by atoms with Crippen molar-refractivity contribution in [2.75, 3.05) is 14.1 Å². The summed E-state index contributed by atoms with van der Waals surface area (Å²) < 4.78 is 0.759. The predicted octanol–water partition coefficient (Wildman–Crippen LogP) is 5.49. The molecule has 2 amide bonds. The molecule has 3 aromatic rings. The fourth-order valence-electron chi connectivity index (χ4n) is 2.54. The normalized spacial score (nSPS) is 10.9. The Labute approximate surface area is 175 Å². The Kier molecular flexibility index (Phi) is 5.96. The van der Waals surface area contributed by atoms with Gasteiger partial charge in [-0.1, -0.05) is 46.9 Å². The van der Waals surface area contributed by atoms with E-state index in [0.717, 1.165) is 10.3 Å². The molecule has 0 aliphatic carbocycles. The Balaban J connectivity index is 1.75. The topological polar surface area (TPSA) is 49.4 Å². The van der Waals surface area contributed by atoms with Gasteiger partial charge in [0.1, 0.15) is 4.88 Å². The Morgan fingerprint density at radius 3 is 2.37 bits per heavy atom. The maximum Gasteiger partial charge on any atom is 0.263 e. The molecular formula is C19H15Cl3N2O2S. The standard InChI is InChI=1S/C19H15Cl3N2O2S/c1-24(2)19(26)11-5-3-10(4-6-11)9-23-18(25)17-16(22)15-13(21)7-12(20)8-14(15)27-17/h3-8H,9H2,1-2H3,(H,23,25). The molecule has 0 unspecified atom stereocenters. The first-order valence-electron chi connectivity index (χ1n) is 7.93. The largest absolute Gasteiger partial charge is 0.347 e. The quantitative estimate of drug-likeness (QED) is 0.582. The number of hydrogen-bond acceptors (Lipinski definition) is 3. The van der Waals surface area contributed by atoms with Gasteiger partial charge in [-0.25, -0.2) is 0 Å². The number of nitrogens with one attached hydrogen (secondary N) is 1. The molecule has 0 aliphatic rings. The zero-order valence-electron chi connectivity index (χ0n) is 14.5. The fraction of sp³-hybridized carbons (Fsp3) is 0.158. The van der Waals surface area contributed by atoms with Crippen LogP contribution in [0.25, 0.3) is 10.1 Å². The smallest absolute Gasteiger partial charge is 0.263 e. The zero-order chi connectivity index (χ0) is 19.7. The summed E-state index contributed by atoms with van der Waals surface area (Å²) in [5.74, 6) is -0.361. The molecular weight excluding hydrogens is 427 g/mol. The van der Waals surface area contributed by atoms with Gasteiger partial charge in [0.15, 0.2) is 0 Å². The third kappa shape index (κ3) is 4.22. The second-order valence-electron chi connectivity index (χ2n) is 6.09. The summed E-state index contributed by atoms with van der Waals surface area (Å²) >= 11 is 19.8. The van der Waals surface area contributed by atoms with Crippen LogP contribution in [0.3, 0.4) is 0 Å². The van der Waals surface area contributed by atoms with Crippen molar-refractivity contribution in [2.45, 2.75) is 6.54 Å². The molecule has 8 heteroatoms. The molecule has 0 saturated heterocycles. The van der Waals surface area contributed by atoms with Crippen LogP contribution in [0.15, 0.2) is 36.4 Å². The van der Waals surface area contributed by atoms with Crippen LogP contribution < -0.4 is 5.32 Å². The van der Waals surface area contributed by atoms with Gasteiger partial charge in [-0.05, 0) is 29.8 Å². The van der Waals surface area contributed by atoms with Gasteiger partial charge in [0.05, 0.1) is 10.0 Å². The minimum atomic E-state index is -0.290. The number of fused-ring (bicyclic) bond motifs is 1. The van der Waals surface area contributed by atoms with Gasteiger partial charge in [-0.2, -0.15) is 0 Å². The van der Waals surface area contributed by atoms with E-state index >= 15 is 0 Å². The summed E-state index contributed by atoms with van der Waals surface area (Å²) in [6.45, 7) is 0.314. The zero-order valence-corrected chi connectivity index (χ0v) is 17.6. The van der Waals surface area contributed by atoms with Gasteiger partial charge < -0.3 is 10.2 Å². The van der Waals surface area contributed by atoms with Crippen molar-refractivity contribution < 1.29 is 9.59 Å². The Morgan fingerprint density at radius 1 is 1.07 bits per heavy atom. The number of amides is 2. The molecule has 1 aromatic heterocycles. The molecule has 0 fully saturated rings. The van der Waals surface area contributed by atoms with E-state index in [4.69, 9.17) is 34.8 Å². The molecule has 2 aromatic carbocycles. The molecule has 3 rings (SSSR count). The number of carbonyl (C=O) groups is 2. The van der Waals surface area contributed by atoms with Gasteiger partial charge >= 0.3 is 0 Å². The molecule has 0 atom stereocenters. The van der Waals surface area contributed by atoms with Crippen LogP contribution in [-0.4, -0.2) is 30.8 Å². The van der Waals surface area contributed by atoms with Gasteiger partial charge in [0.2, 0.25) is 0 Å². The average molecular weight is 442 g/mol. The number of benzene rings is 2. The van der Waals surface area contributed by atoms with Crippen molar-refractivity contribution in [2.24, 2.45) is 0 Å². The van der Waals surface area contributed by atoms with E-state index in [1.165, 1.54) is 16.2 Å². The van der Waals surface area contributed by atoms with Crippen LogP contribution in [0.5, 0.6) is 0 Å². The van der Waals surface area contributed by atoms with Crippen LogP contribution in [0.2, 0.25) is 15.1 Å². The average Bonchev–Trinajstić information content (AvgIpc) is 2.96. The van der Waals surface area contributed by atoms with Crippen LogP contribution in [-0.2, 0) is 6.54 Å². The monoisotopic (exact) mass is 440 g/mol. The molecule has 4 nitrogen and oxygen atoms in total. The maximum absolute atomic E-state index is 12.5. The van der Waals surface area contributed by atoms with Gasteiger partial charge in [0, 0.05) is 41.3 Å². The lowest BCUT2D eigenvalue weighted by Crippen LogP contribution is -2.23. The minimum absolute atomic E-state index is 0.0711. The summed E-state index contributed by atoms with van der Waals surface area (Å²) in [7, 11) is 3.40. The van der Waals surface area contributed by atoms with Crippen LogP contribution in [0.1, 0.15) is 25.6 Å². The van der Waals surface area contributed by atoms with Crippen molar-refractivity contribution in [3.8, 4) is 0 Å². The summed E-state index contributed by atoms with van der Waals surface area (Å²) in [5, 5.41) is 4.69. The second-order valence-corrected chi connectivity index (χ2v) is 8.36. The third-order valence-electron chi connectivity index (χ3n) is 3.92. The van der Waals surface area contributed by atoms with E-state index in [-0.39, 0.29) is 11.8 Å². The highest BCUT2D eigenvalue weighted by atomic mass is 35.5. The number of carbonyl (C=O) groups excluding carboxylic acids is 2. The minimum Gasteiger partial charge on any atom is -0.347 e. The Hall–Kier alpha value is -1.79. The Bertz CT molecular complexity index is 1030. The third-order valence-corrected chi connectivity index (χ3v) is 6.06. The number of nitrogens with zero attached hydrogens (tertiary/aromatic N) is 1. The van der Waals surface area contributed by atoms with Crippen molar-refractivity contribution in [3.63, 3.8) is 0 Å². The Morgan fingerprint density at radius 2 is 1.74 bits per heavy atom. The summed E-state index contributed by atoms with van der Waals surface area (Å²) in [5.41, 5.74) is 1.46. The van der Waals surface area contributed by atoms with Crippen molar-refractivity contribution >= 4 is 68.0 Å². The van der Waals surface area contributed by atoms with Gasteiger partial charge in [-0.15, -0.1) is 11.3 Å². The van der Waals surface area contributed by atoms with Crippen LogP contribution >= 0.6 is 46.1 Å². The molecule has 0 saturated carbocycles. The molecule has 1 N–H and O–H groups in total. The number of thiophene rings is 1. The first kappa shape index (κ1) is 20.0. The summed E-state index contributed by atoms with van der Waals surface area (Å²) in [6, 6.07) is 10.4. The van der Waals surface area contributed by atoms with Crippen molar-refractivity contribution in [1.29, 1.82) is 0 Å². The highest BCUT2D eigenvalue weighted by molar-refractivity contribution is 7.21. The van der Waals surface area contributed by atoms with E-state index in [2.05, 4.69) is 5.32 Å². The van der Waals surface area contributed by atoms with Crippen LogP contribution in [0, 0.1) is 0 Å². The van der Waals surface area contributed by atoms with Crippen LogP contribution in [0.4, 0.5) is 0 Å². The summed E-state index contributed by atoms with van der Waals surface area (Å²) in [4.78, 5) is 26.3. The molecule has 27 heavy (non-hydrogen) atoms. The number of hydrogen-bond donors (Lipinski definition) is 1. The first-order valence-corrected chi connectivity index (χ1v) is 9.89. The maximum atomic E-state index is 12.5. The second kappa shape index (κ2) is 8.07. The molecule has 1 heterocycles. The van der Waals surface area contributed by atoms with E-state index in [1.807, 2.05) is 0 Å². The van der Waals surface area contributed by atoms with Gasteiger partial charge in [0.25, 0.3) is 11.8 Å². The predicted molar refractivity (Wildman–Crippen MR) is 112 cm³/mol. The number of rotatable bonds is 4. The lowest BCUT2D eigenvalue weighted by atomic mass is 10.1. The molecule has 0 spiro atoms. The molecule has 0 bridgehead atoms. The van der Waals surface area contributed by atoms with Crippen molar-refractivity contribution in [1.82, 2.24) is 10.2 Å². The first-order chi connectivity index (χ1) is 12.8. The lowest BCUT2D eigenvalue weighted by Gasteiger charge is -2.10. The highest BCUT2D eigenvalue weighted by Gasteiger charge is 2.19. The van der Waals surface area contributed by atoms with E-state index in [1.54, 1.807) is 50.5 Å². The summed E-state index contributed by atoms with van der Waals surface area (Å²) in [6.07, 6.45) is 0. The molecule has 0 aliphatic heterocycles. The van der Waals surface area contributed by atoms with Gasteiger partial charge in [-0.3, -0.25) is 9.59 Å². The number of halogens is 3. The lowest BCUT2D eigenvalue weighted by molar-refractivity contribution is 0.0827. The molecule has 140 valence electrons. The highest BCUT2D eigenvalue weighted by Crippen LogP contribution is 2.41. The van der Waals surface area contributed by atoms with E-state index in [9.17, 15) is 9.59 Å². The van der Waals surface area contributed by atoms with E-state index < -0.39 is 0 Å². The van der Waals surface area contributed by atoms with Crippen molar-refractivity contribution in [3.05, 3.63) is 67.5 Å². The fourth-order valence-corrected chi connectivity index (χ4v) is 4.84. The molecule has 0 radical (unpaired) electrons.